The molecular formula is C21H19N7OS. The molecule has 0 fully saturated rings. The minimum atomic E-state index is -0.435. The highest BCUT2D eigenvalue weighted by atomic mass is 32.1. The summed E-state index contributed by atoms with van der Waals surface area (Å²) in [6.45, 7) is 3.76. The Morgan fingerprint density at radius 1 is 1.03 bits per heavy atom. The zero-order chi connectivity index (χ0) is 21.3. The van der Waals surface area contributed by atoms with Crippen molar-refractivity contribution in [1.82, 2.24) is 19.9 Å². The third kappa shape index (κ3) is 3.96. The molecule has 5 N–H and O–H groups in total. The van der Waals surface area contributed by atoms with Crippen LogP contribution in [0.2, 0.25) is 0 Å². The minimum absolute atomic E-state index is 0.145. The van der Waals surface area contributed by atoms with Gasteiger partial charge in [-0.2, -0.15) is 0 Å². The summed E-state index contributed by atoms with van der Waals surface area (Å²) in [6, 6.07) is 8.90. The summed E-state index contributed by atoms with van der Waals surface area (Å²) in [6.07, 6.45) is 3.16. The van der Waals surface area contributed by atoms with Gasteiger partial charge in [-0.05, 0) is 49.1 Å². The minimum Gasteiger partial charge on any atom is -0.397 e. The number of nitrogens with one attached hydrogen (secondary N) is 1. The first-order valence-corrected chi connectivity index (χ1v) is 9.97. The van der Waals surface area contributed by atoms with Gasteiger partial charge in [-0.3, -0.25) is 9.78 Å². The SMILES string of the molecule is Cc1csc(-c2ccc(N)c(C(=O)Nc3cnccc3-c3cc(N)nc(C)n3)n2)c1. The van der Waals surface area contributed by atoms with Crippen molar-refractivity contribution in [3.8, 4) is 21.8 Å². The lowest BCUT2D eigenvalue weighted by molar-refractivity contribution is 0.102. The molecule has 8 nitrogen and oxygen atoms in total. The zero-order valence-corrected chi connectivity index (χ0v) is 17.2. The Morgan fingerprint density at radius 2 is 1.87 bits per heavy atom. The molecule has 0 unspecified atom stereocenters. The Bertz CT molecular complexity index is 1230. The Hall–Kier alpha value is -3.85. The van der Waals surface area contributed by atoms with Gasteiger partial charge in [0.25, 0.3) is 5.91 Å². The van der Waals surface area contributed by atoms with Gasteiger partial charge < -0.3 is 16.8 Å². The van der Waals surface area contributed by atoms with Gasteiger partial charge >= 0.3 is 0 Å². The molecule has 0 saturated carbocycles. The predicted molar refractivity (Wildman–Crippen MR) is 119 cm³/mol. The van der Waals surface area contributed by atoms with E-state index in [1.807, 2.05) is 18.4 Å². The van der Waals surface area contributed by atoms with Crippen molar-refractivity contribution in [2.45, 2.75) is 13.8 Å². The molecule has 0 radical (unpaired) electrons. The van der Waals surface area contributed by atoms with Crippen molar-refractivity contribution in [2.75, 3.05) is 16.8 Å². The average Bonchev–Trinajstić information content (AvgIpc) is 3.14. The van der Waals surface area contributed by atoms with E-state index in [0.717, 1.165) is 10.4 Å². The molecule has 0 aliphatic carbocycles. The van der Waals surface area contributed by atoms with Crippen LogP contribution >= 0.6 is 11.3 Å². The molecular weight excluding hydrogens is 398 g/mol. The molecule has 150 valence electrons. The van der Waals surface area contributed by atoms with Crippen LogP contribution in [0.25, 0.3) is 21.8 Å². The van der Waals surface area contributed by atoms with Crippen LogP contribution in [-0.2, 0) is 0 Å². The van der Waals surface area contributed by atoms with Crippen molar-refractivity contribution in [1.29, 1.82) is 0 Å². The van der Waals surface area contributed by atoms with Gasteiger partial charge in [0, 0.05) is 17.8 Å². The summed E-state index contributed by atoms with van der Waals surface area (Å²) in [7, 11) is 0. The number of amides is 1. The van der Waals surface area contributed by atoms with E-state index in [4.69, 9.17) is 11.5 Å². The Labute approximate surface area is 177 Å². The molecule has 30 heavy (non-hydrogen) atoms. The lowest BCUT2D eigenvalue weighted by Crippen LogP contribution is -2.17. The molecule has 4 heterocycles. The van der Waals surface area contributed by atoms with E-state index in [2.05, 4.69) is 25.3 Å². The molecule has 0 saturated heterocycles. The van der Waals surface area contributed by atoms with Crippen LogP contribution < -0.4 is 16.8 Å². The lowest BCUT2D eigenvalue weighted by atomic mass is 10.1. The summed E-state index contributed by atoms with van der Waals surface area (Å²) in [4.78, 5) is 31.1. The summed E-state index contributed by atoms with van der Waals surface area (Å²) in [5.41, 5.74) is 15.9. The van der Waals surface area contributed by atoms with Crippen LogP contribution in [0.4, 0.5) is 17.2 Å². The van der Waals surface area contributed by atoms with Crippen LogP contribution in [0.5, 0.6) is 0 Å². The molecule has 0 aromatic carbocycles. The molecule has 4 aromatic heterocycles. The Morgan fingerprint density at radius 3 is 2.60 bits per heavy atom. The number of aryl methyl sites for hydroxylation is 2. The predicted octanol–water partition coefficient (Wildman–Crippen LogP) is 3.70. The van der Waals surface area contributed by atoms with E-state index in [1.54, 1.807) is 54.9 Å². The Kier molecular flexibility index (Phi) is 5.11. The first kappa shape index (κ1) is 19.5. The van der Waals surface area contributed by atoms with E-state index in [1.165, 1.54) is 0 Å². The van der Waals surface area contributed by atoms with Gasteiger partial charge in [0.15, 0.2) is 5.69 Å². The van der Waals surface area contributed by atoms with Gasteiger partial charge in [-0.1, -0.05) is 0 Å². The molecule has 0 spiro atoms. The number of thiophene rings is 1. The molecule has 0 bridgehead atoms. The van der Waals surface area contributed by atoms with Crippen LogP contribution in [0.3, 0.4) is 0 Å². The maximum absolute atomic E-state index is 13.0. The smallest absolute Gasteiger partial charge is 0.276 e. The van der Waals surface area contributed by atoms with Crippen molar-refractivity contribution >= 4 is 34.4 Å². The number of anilines is 3. The second-order valence-electron chi connectivity index (χ2n) is 6.72. The standard InChI is InChI=1S/C21H19N7OS/c1-11-7-18(30-10-11)15-4-3-14(22)20(27-15)21(29)28-17-9-24-6-5-13(17)16-8-19(23)26-12(2)25-16/h3-10H,22H2,1-2H3,(H,28,29)(H2,23,25,26). The average molecular weight is 417 g/mol. The van der Waals surface area contributed by atoms with Gasteiger partial charge in [0.2, 0.25) is 0 Å². The van der Waals surface area contributed by atoms with Crippen LogP contribution in [0.1, 0.15) is 21.9 Å². The van der Waals surface area contributed by atoms with Crippen LogP contribution in [0, 0.1) is 13.8 Å². The monoisotopic (exact) mass is 417 g/mol. The molecule has 4 rings (SSSR count). The molecule has 1 amide bonds. The number of nitrogens with two attached hydrogens (primary N) is 2. The first-order chi connectivity index (χ1) is 14.4. The van der Waals surface area contributed by atoms with E-state index < -0.39 is 5.91 Å². The van der Waals surface area contributed by atoms with E-state index in [0.29, 0.717) is 34.3 Å². The number of carbonyl (C=O) groups excluding carboxylic acids is 1. The summed E-state index contributed by atoms with van der Waals surface area (Å²) in [5.74, 6) is 0.441. The number of nitrogens with zero attached hydrogens (tertiary/aromatic N) is 4. The maximum Gasteiger partial charge on any atom is 0.276 e. The molecule has 0 aliphatic rings. The number of pyridine rings is 2. The number of hydrogen-bond donors (Lipinski definition) is 3. The Balaban J connectivity index is 1.68. The fraction of sp³-hybridized carbons (Fsp3) is 0.0952. The first-order valence-electron chi connectivity index (χ1n) is 9.09. The molecule has 0 atom stereocenters. The summed E-state index contributed by atoms with van der Waals surface area (Å²) >= 11 is 1.56. The summed E-state index contributed by atoms with van der Waals surface area (Å²) < 4.78 is 0. The quantitative estimate of drug-likeness (QED) is 0.461. The highest BCUT2D eigenvalue weighted by molar-refractivity contribution is 7.13. The van der Waals surface area contributed by atoms with Gasteiger partial charge in [0.1, 0.15) is 11.6 Å². The maximum atomic E-state index is 13.0. The number of hydrogen-bond acceptors (Lipinski definition) is 8. The second-order valence-corrected chi connectivity index (χ2v) is 7.63. The van der Waals surface area contributed by atoms with Gasteiger partial charge in [-0.15, -0.1) is 11.3 Å². The van der Waals surface area contributed by atoms with Crippen molar-refractivity contribution in [3.63, 3.8) is 0 Å². The third-order valence-electron chi connectivity index (χ3n) is 4.33. The lowest BCUT2D eigenvalue weighted by Gasteiger charge is -2.12. The summed E-state index contributed by atoms with van der Waals surface area (Å²) in [5, 5.41) is 4.88. The van der Waals surface area contributed by atoms with Crippen molar-refractivity contribution in [2.24, 2.45) is 0 Å². The number of nitrogen functional groups attached to an aromatic ring is 2. The second kappa shape index (κ2) is 7.88. The van der Waals surface area contributed by atoms with Crippen LogP contribution in [0.15, 0.2) is 48.1 Å². The number of carbonyl (C=O) groups is 1. The third-order valence-corrected chi connectivity index (χ3v) is 5.40. The highest BCUT2D eigenvalue weighted by Gasteiger charge is 2.17. The number of rotatable bonds is 4. The molecule has 4 aromatic rings. The largest absolute Gasteiger partial charge is 0.397 e. The van der Waals surface area contributed by atoms with E-state index in [9.17, 15) is 4.79 Å². The van der Waals surface area contributed by atoms with Crippen LogP contribution in [-0.4, -0.2) is 25.8 Å². The van der Waals surface area contributed by atoms with Gasteiger partial charge in [-0.25, -0.2) is 15.0 Å². The fourth-order valence-electron chi connectivity index (χ4n) is 2.98. The van der Waals surface area contributed by atoms with E-state index in [-0.39, 0.29) is 11.4 Å². The number of aromatic nitrogens is 4. The topological polar surface area (TPSA) is 133 Å². The highest BCUT2D eigenvalue weighted by Crippen LogP contribution is 2.29. The van der Waals surface area contributed by atoms with Crippen molar-refractivity contribution in [3.05, 3.63) is 65.2 Å². The van der Waals surface area contributed by atoms with Gasteiger partial charge in [0.05, 0.1) is 33.8 Å². The normalized spacial score (nSPS) is 10.7. The molecule has 9 heteroatoms. The van der Waals surface area contributed by atoms with Crippen molar-refractivity contribution < 1.29 is 4.79 Å². The zero-order valence-electron chi connectivity index (χ0n) is 16.4. The molecule has 0 aliphatic heterocycles. The fourth-order valence-corrected chi connectivity index (χ4v) is 3.85. The van der Waals surface area contributed by atoms with E-state index >= 15 is 0 Å².